The van der Waals surface area contributed by atoms with Crippen LogP contribution in [0.25, 0.3) is 5.82 Å². The van der Waals surface area contributed by atoms with E-state index in [1.807, 2.05) is 36.4 Å². The fraction of sp³-hybridized carbons (Fsp3) is 0.111. The van der Waals surface area contributed by atoms with Gasteiger partial charge in [0.25, 0.3) is 5.91 Å². The van der Waals surface area contributed by atoms with E-state index in [9.17, 15) is 4.79 Å². The Morgan fingerprint density at radius 3 is 2.61 bits per heavy atom. The van der Waals surface area contributed by atoms with Crippen molar-refractivity contribution < 1.29 is 23.6 Å². The van der Waals surface area contributed by atoms with Gasteiger partial charge in [0.15, 0.2) is 17.2 Å². The van der Waals surface area contributed by atoms with Gasteiger partial charge in [0, 0.05) is 10.6 Å². The predicted octanol–water partition coefficient (Wildman–Crippen LogP) is 3.82. The third-order valence-corrected chi connectivity index (χ3v) is 6.07. The van der Waals surface area contributed by atoms with Gasteiger partial charge < -0.3 is 19.9 Å². The van der Waals surface area contributed by atoms with Crippen LogP contribution in [0.2, 0.25) is 5.02 Å². The molecular weight excluding hydrogens is 552 g/mol. The predicted molar refractivity (Wildman–Crippen MR) is 148 cm³/mol. The first-order valence-electron chi connectivity index (χ1n) is 12.1. The molecule has 0 aliphatic heterocycles. The van der Waals surface area contributed by atoms with Gasteiger partial charge in [-0.25, -0.2) is 10.1 Å². The number of methoxy groups -OCH3 is 1. The van der Waals surface area contributed by atoms with Crippen LogP contribution in [0.3, 0.4) is 0 Å². The van der Waals surface area contributed by atoms with Crippen molar-refractivity contribution in [2.24, 2.45) is 5.10 Å². The van der Waals surface area contributed by atoms with Crippen LogP contribution in [0, 0.1) is 0 Å². The summed E-state index contributed by atoms with van der Waals surface area (Å²) < 4.78 is 23.0. The second-order valence-corrected chi connectivity index (χ2v) is 8.77. The van der Waals surface area contributed by atoms with Gasteiger partial charge in [-0.15, -0.1) is 5.10 Å². The molecule has 13 nitrogen and oxygen atoms in total. The third-order valence-electron chi connectivity index (χ3n) is 5.70. The minimum Gasteiger partial charge on any atom is -0.493 e. The average molecular weight is 575 g/mol. The highest BCUT2D eigenvalue weighted by Gasteiger charge is 2.24. The van der Waals surface area contributed by atoms with Gasteiger partial charge in [0.2, 0.25) is 11.6 Å². The van der Waals surface area contributed by atoms with Gasteiger partial charge in [-0.2, -0.15) is 9.78 Å². The number of halogens is 1. The zero-order chi connectivity index (χ0) is 28.6. The number of nitrogens with one attached hydrogen (secondary N) is 1. The molecule has 0 unspecified atom stereocenters. The first kappa shape index (κ1) is 27.1. The molecule has 0 radical (unpaired) electrons. The van der Waals surface area contributed by atoms with Gasteiger partial charge in [-0.1, -0.05) is 53.2 Å². The topological polar surface area (TPSA) is 165 Å². The minimum absolute atomic E-state index is 0.0333. The molecular formula is C27H23ClN8O5. The number of nitrogens with zero attached hydrogens (tertiary/aromatic N) is 6. The second kappa shape index (κ2) is 12.6. The zero-order valence-electron chi connectivity index (χ0n) is 21.6. The molecule has 1 amide bonds. The summed E-state index contributed by atoms with van der Waals surface area (Å²) in [7, 11) is 1.53. The monoisotopic (exact) mass is 574 g/mol. The lowest BCUT2D eigenvalue weighted by Crippen LogP contribution is -2.21. The molecule has 14 heteroatoms. The molecule has 0 fully saturated rings. The summed E-state index contributed by atoms with van der Waals surface area (Å²) in [6.45, 7) is 0.190. The summed E-state index contributed by atoms with van der Waals surface area (Å²) in [5.41, 5.74) is 9.96. The van der Waals surface area contributed by atoms with Crippen LogP contribution in [0.15, 0.2) is 82.5 Å². The van der Waals surface area contributed by atoms with Crippen molar-refractivity contribution in [3.05, 3.63) is 100 Å². The lowest BCUT2D eigenvalue weighted by atomic mass is 10.2. The molecule has 0 bridgehead atoms. The van der Waals surface area contributed by atoms with E-state index in [2.05, 4.69) is 35.8 Å². The SMILES string of the molecule is COc1cc(C=NNC(=O)c2nnn(-c3nonc3N)c2COc2ccccc2)ccc1OCc1ccccc1Cl. The normalized spacial score (nSPS) is 11.0. The number of hydrazone groups is 1. The first-order chi connectivity index (χ1) is 20.0. The Morgan fingerprint density at radius 1 is 1.05 bits per heavy atom. The van der Waals surface area contributed by atoms with Crippen molar-refractivity contribution in [2.45, 2.75) is 13.2 Å². The summed E-state index contributed by atoms with van der Waals surface area (Å²) in [6.07, 6.45) is 1.45. The van der Waals surface area contributed by atoms with E-state index in [0.29, 0.717) is 27.8 Å². The third kappa shape index (κ3) is 6.42. The number of nitrogens with two attached hydrogens (primary N) is 1. The van der Waals surface area contributed by atoms with Crippen LogP contribution in [0.1, 0.15) is 27.3 Å². The van der Waals surface area contributed by atoms with Crippen molar-refractivity contribution in [1.82, 2.24) is 30.7 Å². The quantitative estimate of drug-likeness (QED) is 0.175. The molecule has 0 aliphatic rings. The van der Waals surface area contributed by atoms with E-state index < -0.39 is 5.91 Å². The summed E-state index contributed by atoms with van der Waals surface area (Å²) in [4.78, 5) is 13.0. The van der Waals surface area contributed by atoms with Crippen molar-refractivity contribution in [3.63, 3.8) is 0 Å². The maximum Gasteiger partial charge on any atom is 0.293 e. The number of nitrogen functional groups attached to an aromatic ring is 1. The molecule has 3 aromatic carbocycles. The minimum atomic E-state index is -0.638. The Hall–Kier alpha value is -5.43. The second-order valence-electron chi connectivity index (χ2n) is 8.36. The smallest absolute Gasteiger partial charge is 0.293 e. The number of carbonyl (C=O) groups excluding carboxylic acids is 1. The molecule has 208 valence electrons. The summed E-state index contributed by atoms with van der Waals surface area (Å²) in [5.74, 6) is 0.971. The van der Waals surface area contributed by atoms with Crippen molar-refractivity contribution >= 4 is 29.5 Å². The summed E-state index contributed by atoms with van der Waals surface area (Å²) >= 11 is 6.21. The van der Waals surface area contributed by atoms with Gasteiger partial charge in [-0.3, -0.25) is 4.79 Å². The lowest BCUT2D eigenvalue weighted by Gasteiger charge is -2.12. The van der Waals surface area contributed by atoms with Crippen LogP contribution < -0.4 is 25.4 Å². The molecule has 3 N–H and O–H groups in total. The van der Waals surface area contributed by atoms with Gasteiger partial charge in [0.1, 0.15) is 24.7 Å². The molecule has 41 heavy (non-hydrogen) atoms. The number of ether oxygens (including phenoxy) is 3. The highest BCUT2D eigenvalue weighted by atomic mass is 35.5. The molecule has 0 atom stereocenters. The largest absolute Gasteiger partial charge is 0.493 e. The lowest BCUT2D eigenvalue weighted by molar-refractivity contribution is 0.0947. The Bertz CT molecular complexity index is 1670. The van der Waals surface area contributed by atoms with Gasteiger partial charge in [-0.05, 0) is 52.3 Å². The number of amides is 1. The van der Waals surface area contributed by atoms with E-state index in [4.69, 9.17) is 31.5 Å². The molecule has 0 saturated carbocycles. The number of benzene rings is 3. The molecule has 2 heterocycles. The maximum absolute atomic E-state index is 13.0. The van der Waals surface area contributed by atoms with E-state index in [0.717, 1.165) is 5.56 Å². The molecule has 0 saturated heterocycles. The van der Waals surface area contributed by atoms with Gasteiger partial charge >= 0.3 is 0 Å². The van der Waals surface area contributed by atoms with Crippen LogP contribution >= 0.6 is 11.6 Å². The standard InChI is InChI=1S/C27H23ClN8O5/c1-38-23-13-17(11-12-22(23)40-15-18-7-5-6-10-20(18)28)14-30-32-27(37)24-21(16-39-19-8-3-2-4-9-19)36(35-31-24)26-25(29)33-41-34-26/h2-14H,15-16H2,1H3,(H2,29,33)(H,32,37). The van der Waals surface area contributed by atoms with Crippen LogP contribution in [0.4, 0.5) is 5.82 Å². The number of para-hydroxylation sites is 1. The fourth-order valence-electron chi connectivity index (χ4n) is 3.66. The maximum atomic E-state index is 13.0. The van der Waals surface area contributed by atoms with E-state index in [-0.39, 0.29) is 36.2 Å². The van der Waals surface area contributed by atoms with Crippen molar-refractivity contribution in [1.29, 1.82) is 0 Å². The van der Waals surface area contributed by atoms with Crippen LogP contribution in [0.5, 0.6) is 17.2 Å². The van der Waals surface area contributed by atoms with E-state index >= 15 is 0 Å². The Labute approximate surface area is 238 Å². The molecule has 0 spiro atoms. The number of aromatic nitrogens is 5. The van der Waals surface area contributed by atoms with E-state index in [1.165, 1.54) is 18.0 Å². The molecule has 5 rings (SSSR count). The number of rotatable bonds is 11. The van der Waals surface area contributed by atoms with Gasteiger partial charge in [0.05, 0.1) is 13.3 Å². The fourth-order valence-corrected chi connectivity index (χ4v) is 3.85. The van der Waals surface area contributed by atoms with Crippen molar-refractivity contribution in [3.8, 4) is 23.1 Å². The summed E-state index contributed by atoms with van der Waals surface area (Å²) in [6, 6.07) is 21.7. The van der Waals surface area contributed by atoms with Crippen molar-refractivity contribution in [2.75, 3.05) is 12.8 Å². The average Bonchev–Trinajstić information content (AvgIpc) is 3.62. The number of hydrogen-bond acceptors (Lipinski definition) is 11. The highest BCUT2D eigenvalue weighted by Crippen LogP contribution is 2.29. The number of anilines is 1. The Morgan fingerprint density at radius 2 is 1.85 bits per heavy atom. The van der Waals surface area contributed by atoms with E-state index in [1.54, 1.807) is 36.4 Å². The molecule has 0 aliphatic carbocycles. The first-order valence-corrected chi connectivity index (χ1v) is 12.5. The zero-order valence-corrected chi connectivity index (χ0v) is 22.4. The Kier molecular flexibility index (Phi) is 8.35. The number of carbonyl (C=O) groups is 1. The number of hydrogen-bond donors (Lipinski definition) is 2. The van der Waals surface area contributed by atoms with Crippen LogP contribution in [-0.2, 0) is 13.2 Å². The van der Waals surface area contributed by atoms with Crippen LogP contribution in [-0.4, -0.2) is 44.5 Å². The molecule has 2 aromatic heterocycles. The summed E-state index contributed by atoms with van der Waals surface area (Å²) in [5, 5.41) is 19.9. The Balaban J connectivity index is 1.29. The highest BCUT2D eigenvalue weighted by molar-refractivity contribution is 6.31. The molecule has 5 aromatic rings.